The molecule has 1 unspecified atom stereocenters. The lowest BCUT2D eigenvalue weighted by molar-refractivity contribution is 0.292. The van der Waals surface area contributed by atoms with E-state index in [9.17, 15) is 4.21 Å². The fourth-order valence-corrected chi connectivity index (χ4v) is 1.71. The van der Waals surface area contributed by atoms with Crippen molar-refractivity contribution in [1.82, 2.24) is 9.78 Å². The van der Waals surface area contributed by atoms with Crippen molar-refractivity contribution in [2.45, 2.75) is 25.4 Å². The summed E-state index contributed by atoms with van der Waals surface area (Å²) in [6.45, 7) is 0.0870. The van der Waals surface area contributed by atoms with Crippen molar-refractivity contribution in [2.24, 2.45) is 7.05 Å². The minimum Gasteiger partial charge on any atom is -0.284 e. The molecule has 6 heteroatoms. The molecule has 0 aromatic carbocycles. The average molecular weight is 216 g/mol. The van der Waals surface area contributed by atoms with Crippen LogP contribution in [0.2, 0.25) is 0 Å². The third-order valence-electron chi connectivity index (χ3n) is 2.27. The van der Waals surface area contributed by atoms with E-state index in [0.717, 1.165) is 0 Å². The van der Waals surface area contributed by atoms with Crippen molar-refractivity contribution in [3.8, 4) is 0 Å². The van der Waals surface area contributed by atoms with Gasteiger partial charge >= 0.3 is 11.4 Å². The lowest BCUT2D eigenvalue weighted by Gasteiger charge is -1.95. The molecule has 2 rings (SSSR count). The minimum absolute atomic E-state index is 0.0870. The van der Waals surface area contributed by atoms with Gasteiger partial charge in [0.2, 0.25) is 0 Å². The lowest BCUT2D eigenvalue weighted by atomic mass is 10.3. The van der Waals surface area contributed by atoms with Gasteiger partial charge in [-0.2, -0.15) is 9.31 Å². The summed E-state index contributed by atoms with van der Waals surface area (Å²) >= 11 is -2.21. The van der Waals surface area contributed by atoms with Crippen LogP contribution in [0, 0.1) is 0 Å². The summed E-state index contributed by atoms with van der Waals surface area (Å²) in [5, 5.41) is 4.19. The topological polar surface area (TPSA) is 64.4 Å². The Morgan fingerprint density at radius 3 is 3.07 bits per heavy atom. The summed E-state index contributed by atoms with van der Waals surface area (Å²) in [5.41, 5.74) is 1.89. The maximum absolute atomic E-state index is 10.3. The summed E-state index contributed by atoms with van der Waals surface area (Å²) in [4.78, 5) is 0. The number of aromatic nitrogens is 2. The number of aryl methyl sites for hydroxylation is 1. The number of nitrogens with zero attached hydrogens (tertiary/aromatic N) is 2. The fraction of sp³-hybridized carbons (Fsp3) is 0.625. The van der Waals surface area contributed by atoms with Gasteiger partial charge in [0.05, 0.1) is 5.69 Å². The van der Waals surface area contributed by atoms with Crippen LogP contribution in [0.3, 0.4) is 0 Å². The Balaban J connectivity index is 2.04. The van der Waals surface area contributed by atoms with E-state index in [1.807, 2.05) is 17.8 Å². The van der Waals surface area contributed by atoms with E-state index in [-0.39, 0.29) is 6.61 Å². The van der Waals surface area contributed by atoms with Crippen molar-refractivity contribution >= 4 is 11.4 Å². The van der Waals surface area contributed by atoms with Crippen molar-refractivity contribution < 1.29 is 12.9 Å². The highest BCUT2D eigenvalue weighted by Gasteiger charge is 2.27. The van der Waals surface area contributed by atoms with E-state index in [2.05, 4.69) is 9.28 Å². The Morgan fingerprint density at radius 1 is 1.79 bits per heavy atom. The molecule has 0 saturated heterocycles. The standard InChI is InChI=1S/C8H12N2O3S/c1-10-8(6-2-3-6)4-7(9-10)5-13-14(11)12/h4,6H,2-3,5H2,1H3,(H,11,12). The molecule has 1 atom stereocenters. The molecule has 0 aliphatic heterocycles. The minimum atomic E-state index is -2.21. The zero-order valence-corrected chi connectivity index (χ0v) is 8.66. The summed E-state index contributed by atoms with van der Waals surface area (Å²) in [5.74, 6) is 0.626. The summed E-state index contributed by atoms with van der Waals surface area (Å²) in [6.07, 6.45) is 2.43. The molecule has 1 aliphatic rings. The Bertz CT molecular complexity index is 359. The molecule has 78 valence electrons. The van der Waals surface area contributed by atoms with Crippen molar-refractivity contribution in [3.05, 3.63) is 17.5 Å². The van der Waals surface area contributed by atoms with Gasteiger partial charge in [0.15, 0.2) is 0 Å². The number of hydrogen-bond acceptors (Lipinski definition) is 3. The molecule has 0 spiro atoms. The lowest BCUT2D eigenvalue weighted by Crippen LogP contribution is -1.98. The van der Waals surface area contributed by atoms with Crippen LogP contribution in [0.15, 0.2) is 6.07 Å². The van der Waals surface area contributed by atoms with Crippen LogP contribution < -0.4 is 0 Å². The van der Waals surface area contributed by atoms with Crippen LogP contribution in [0.25, 0.3) is 0 Å². The first-order valence-electron chi connectivity index (χ1n) is 4.44. The molecule has 1 aromatic rings. The largest absolute Gasteiger partial charge is 0.302 e. The number of rotatable bonds is 4. The molecule has 1 aliphatic carbocycles. The highest BCUT2D eigenvalue weighted by atomic mass is 32.2. The first-order valence-corrected chi connectivity index (χ1v) is 5.47. The molecule has 1 heterocycles. The maximum atomic E-state index is 10.3. The predicted octanol–water partition coefficient (Wildman–Crippen LogP) is 0.951. The van der Waals surface area contributed by atoms with Crippen LogP contribution in [0.1, 0.15) is 30.1 Å². The molecular formula is C8H12N2O3S. The zero-order valence-electron chi connectivity index (χ0n) is 7.84. The van der Waals surface area contributed by atoms with Gasteiger partial charge < -0.3 is 0 Å². The summed E-state index contributed by atoms with van der Waals surface area (Å²) in [7, 11) is 1.88. The van der Waals surface area contributed by atoms with Crippen LogP contribution in [0.4, 0.5) is 0 Å². The predicted molar refractivity (Wildman–Crippen MR) is 50.7 cm³/mol. The molecule has 0 bridgehead atoms. The van der Waals surface area contributed by atoms with E-state index >= 15 is 0 Å². The monoisotopic (exact) mass is 216 g/mol. The Labute approximate surface area is 84.6 Å². The van der Waals surface area contributed by atoms with E-state index in [1.54, 1.807) is 0 Å². The highest BCUT2D eigenvalue weighted by Crippen LogP contribution is 2.39. The normalized spacial score (nSPS) is 18.4. The quantitative estimate of drug-likeness (QED) is 0.761. The Kier molecular flexibility index (Phi) is 2.66. The molecule has 1 saturated carbocycles. The van der Waals surface area contributed by atoms with Gasteiger partial charge in [0, 0.05) is 18.7 Å². The zero-order chi connectivity index (χ0) is 10.1. The molecule has 0 radical (unpaired) electrons. The van der Waals surface area contributed by atoms with Gasteiger partial charge in [-0.15, -0.1) is 0 Å². The highest BCUT2D eigenvalue weighted by molar-refractivity contribution is 7.74. The second-order valence-corrected chi connectivity index (χ2v) is 4.11. The van der Waals surface area contributed by atoms with Crippen LogP contribution in [0.5, 0.6) is 0 Å². The van der Waals surface area contributed by atoms with Gasteiger partial charge in [-0.1, -0.05) is 0 Å². The van der Waals surface area contributed by atoms with Crippen molar-refractivity contribution in [3.63, 3.8) is 0 Å². The van der Waals surface area contributed by atoms with Crippen molar-refractivity contribution in [1.29, 1.82) is 0 Å². The van der Waals surface area contributed by atoms with Crippen LogP contribution >= 0.6 is 0 Å². The average Bonchev–Trinajstić information content (AvgIpc) is 2.88. The molecule has 14 heavy (non-hydrogen) atoms. The van der Waals surface area contributed by atoms with E-state index in [4.69, 9.17) is 4.55 Å². The summed E-state index contributed by atoms with van der Waals surface area (Å²) < 4.78 is 25.1. The molecule has 1 aromatic heterocycles. The number of hydrogen-bond donors (Lipinski definition) is 1. The second kappa shape index (κ2) is 3.80. The second-order valence-electron chi connectivity index (χ2n) is 3.44. The van der Waals surface area contributed by atoms with Crippen molar-refractivity contribution in [2.75, 3.05) is 0 Å². The molecule has 1 N–H and O–H groups in total. The molecular weight excluding hydrogens is 204 g/mol. The smallest absolute Gasteiger partial charge is 0.284 e. The van der Waals surface area contributed by atoms with E-state index in [1.165, 1.54) is 18.5 Å². The first-order chi connectivity index (χ1) is 6.66. The molecule has 5 nitrogen and oxygen atoms in total. The third kappa shape index (κ3) is 2.20. The molecule has 1 fully saturated rings. The first kappa shape index (κ1) is 9.82. The van der Waals surface area contributed by atoms with Crippen LogP contribution in [-0.4, -0.2) is 18.5 Å². The Hall–Kier alpha value is -0.720. The SMILES string of the molecule is Cn1nc(COS(=O)O)cc1C1CC1. The van der Waals surface area contributed by atoms with Gasteiger partial charge in [-0.3, -0.25) is 13.4 Å². The van der Waals surface area contributed by atoms with Gasteiger partial charge in [0.25, 0.3) is 0 Å². The van der Waals surface area contributed by atoms with Gasteiger partial charge in [-0.05, 0) is 18.9 Å². The fourth-order valence-electron chi connectivity index (χ4n) is 1.49. The molecule has 0 amide bonds. The van der Waals surface area contributed by atoms with Gasteiger partial charge in [-0.25, -0.2) is 0 Å². The van der Waals surface area contributed by atoms with Gasteiger partial charge in [0.1, 0.15) is 6.61 Å². The summed E-state index contributed by atoms with van der Waals surface area (Å²) in [6, 6.07) is 1.94. The Morgan fingerprint density at radius 2 is 2.50 bits per heavy atom. The van der Waals surface area contributed by atoms with Crippen LogP contribution in [-0.2, 0) is 29.2 Å². The van der Waals surface area contributed by atoms with E-state index in [0.29, 0.717) is 11.6 Å². The van der Waals surface area contributed by atoms with E-state index < -0.39 is 11.4 Å². The third-order valence-corrected chi connectivity index (χ3v) is 2.59. The maximum Gasteiger partial charge on any atom is 0.302 e.